The quantitative estimate of drug-likeness (QED) is 0.884. The summed E-state index contributed by atoms with van der Waals surface area (Å²) in [4.78, 5) is 13.5. The molecule has 2 fully saturated rings. The highest BCUT2D eigenvalue weighted by Gasteiger charge is 2.29. The van der Waals surface area contributed by atoms with E-state index in [4.69, 9.17) is 4.74 Å². The molecule has 3 heterocycles. The van der Waals surface area contributed by atoms with Gasteiger partial charge in [0.2, 0.25) is 0 Å². The van der Waals surface area contributed by atoms with Gasteiger partial charge >= 0.3 is 6.01 Å². The van der Waals surface area contributed by atoms with Crippen molar-refractivity contribution in [1.29, 1.82) is 5.26 Å². The van der Waals surface area contributed by atoms with E-state index in [0.717, 1.165) is 44.8 Å². The summed E-state index contributed by atoms with van der Waals surface area (Å²) in [6.45, 7) is 8.13. The van der Waals surface area contributed by atoms with E-state index in [1.807, 2.05) is 0 Å². The van der Waals surface area contributed by atoms with Gasteiger partial charge in [-0.15, -0.1) is 0 Å². The third kappa shape index (κ3) is 4.20. The molecular formula is C18H28N6O. The summed E-state index contributed by atoms with van der Waals surface area (Å²) in [6, 6.07) is 4.96. The van der Waals surface area contributed by atoms with Gasteiger partial charge in [0.25, 0.3) is 0 Å². The van der Waals surface area contributed by atoms with Gasteiger partial charge in [-0.2, -0.15) is 15.2 Å². The first-order valence-corrected chi connectivity index (χ1v) is 9.22. The molecule has 0 amide bonds. The number of nitriles is 1. The van der Waals surface area contributed by atoms with Gasteiger partial charge in [0.05, 0.1) is 0 Å². The van der Waals surface area contributed by atoms with E-state index < -0.39 is 0 Å². The minimum Gasteiger partial charge on any atom is -0.459 e. The van der Waals surface area contributed by atoms with Crippen LogP contribution < -0.4 is 15.0 Å². The topological polar surface area (TPSA) is 77.3 Å². The Morgan fingerprint density at radius 1 is 1.32 bits per heavy atom. The molecule has 136 valence electrons. The summed E-state index contributed by atoms with van der Waals surface area (Å²) in [6.07, 6.45) is 3.36. The summed E-state index contributed by atoms with van der Waals surface area (Å²) in [5.41, 5.74) is 0.358. The Bertz CT molecular complexity index is 630. The average molecular weight is 344 g/mol. The van der Waals surface area contributed by atoms with Gasteiger partial charge in [-0.25, -0.2) is 0 Å². The third-order valence-electron chi connectivity index (χ3n) is 5.31. The van der Waals surface area contributed by atoms with Gasteiger partial charge in [0.1, 0.15) is 23.7 Å². The van der Waals surface area contributed by atoms with Gasteiger partial charge in [0, 0.05) is 31.2 Å². The maximum atomic E-state index is 9.36. The maximum absolute atomic E-state index is 9.36. The SMILES string of the molecule is C[C@H](Oc1nc(C#N)cc(N2CCNCC[C@@H]2C)n1)[C@@H]1CCCN1C. The number of likely N-dealkylation sites (tertiary alicyclic amines) is 1. The zero-order valence-electron chi connectivity index (χ0n) is 15.4. The molecule has 1 N–H and O–H groups in total. The molecule has 3 atom stereocenters. The van der Waals surface area contributed by atoms with E-state index in [0.29, 0.717) is 23.8 Å². The van der Waals surface area contributed by atoms with Crippen molar-refractivity contribution in [2.75, 3.05) is 38.1 Å². The molecule has 2 aliphatic heterocycles. The normalized spacial score (nSPS) is 26.1. The molecule has 1 aromatic rings. The van der Waals surface area contributed by atoms with Crippen LogP contribution >= 0.6 is 0 Å². The van der Waals surface area contributed by atoms with Crippen LogP contribution in [0.15, 0.2) is 6.07 Å². The fourth-order valence-corrected chi connectivity index (χ4v) is 3.80. The standard InChI is InChI=1S/C18H28N6O/c1-13-6-7-20-8-10-24(13)17-11-15(12-19)21-18(22-17)25-14(2)16-5-4-9-23(16)3/h11,13-14,16,20H,4-10H2,1-3H3/t13-,14-,16-/m0/s1. The highest BCUT2D eigenvalue weighted by Crippen LogP contribution is 2.24. The molecule has 0 aromatic carbocycles. The monoisotopic (exact) mass is 344 g/mol. The van der Waals surface area contributed by atoms with Gasteiger partial charge < -0.3 is 15.0 Å². The lowest BCUT2D eigenvalue weighted by molar-refractivity contribution is 0.112. The minimum absolute atomic E-state index is 0.00230. The van der Waals surface area contributed by atoms with Crippen molar-refractivity contribution in [3.8, 4) is 12.1 Å². The first-order chi connectivity index (χ1) is 12.1. The molecule has 1 aromatic heterocycles. The molecule has 3 rings (SSSR count). The Labute approximate surface area is 150 Å². The molecule has 7 heteroatoms. The van der Waals surface area contributed by atoms with Crippen LogP contribution in [0.25, 0.3) is 0 Å². The van der Waals surface area contributed by atoms with Crippen molar-refractivity contribution in [2.45, 2.75) is 51.3 Å². The number of nitrogens with zero attached hydrogens (tertiary/aromatic N) is 5. The molecule has 0 unspecified atom stereocenters. The lowest BCUT2D eigenvalue weighted by atomic mass is 10.1. The van der Waals surface area contributed by atoms with Crippen LogP contribution in [0.5, 0.6) is 6.01 Å². The van der Waals surface area contributed by atoms with Crippen LogP contribution in [0.1, 0.15) is 38.8 Å². The largest absolute Gasteiger partial charge is 0.459 e. The Morgan fingerprint density at radius 3 is 2.88 bits per heavy atom. The summed E-state index contributed by atoms with van der Waals surface area (Å²) < 4.78 is 6.05. The summed E-state index contributed by atoms with van der Waals surface area (Å²) in [5.74, 6) is 0.782. The van der Waals surface area contributed by atoms with Gasteiger partial charge in [0.15, 0.2) is 0 Å². The van der Waals surface area contributed by atoms with Crippen molar-refractivity contribution in [3.05, 3.63) is 11.8 Å². The minimum atomic E-state index is -0.00230. The average Bonchev–Trinajstić information content (AvgIpc) is 2.91. The predicted molar refractivity (Wildman–Crippen MR) is 96.8 cm³/mol. The van der Waals surface area contributed by atoms with Gasteiger partial charge in [-0.1, -0.05) is 0 Å². The molecule has 25 heavy (non-hydrogen) atoms. The number of anilines is 1. The van der Waals surface area contributed by atoms with Gasteiger partial charge in [-0.3, -0.25) is 4.90 Å². The Hall–Kier alpha value is -1.91. The van der Waals surface area contributed by atoms with E-state index in [1.165, 1.54) is 6.42 Å². The number of ether oxygens (including phenoxy) is 1. The second kappa shape index (κ2) is 7.98. The van der Waals surface area contributed by atoms with E-state index in [1.54, 1.807) is 6.07 Å². The molecule has 7 nitrogen and oxygen atoms in total. The summed E-state index contributed by atoms with van der Waals surface area (Å²) in [5, 5.41) is 12.8. The van der Waals surface area contributed by atoms with Crippen LogP contribution in [0.2, 0.25) is 0 Å². The lowest BCUT2D eigenvalue weighted by Crippen LogP contribution is -2.38. The molecule has 0 bridgehead atoms. The van der Waals surface area contributed by atoms with Crippen molar-refractivity contribution < 1.29 is 4.74 Å². The van der Waals surface area contributed by atoms with Crippen LogP contribution in [0.4, 0.5) is 5.82 Å². The molecule has 0 saturated carbocycles. The fraction of sp³-hybridized carbons (Fsp3) is 0.722. The van der Waals surface area contributed by atoms with Crippen molar-refractivity contribution in [2.24, 2.45) is 0 Å². The molecule has 2 saturated heterocycles. The highest BCUT2D eigenvalue weighted by molar-refractivity contribution is 5.45. The number of rotatable bonds is 4. The first-order valence-electron chi connectivity index (χ1n) is 9.22. The molecular weight excluding hydrogens is 316 g/mol. The van der Waals surface area contributed by atoms with Crippen molar-refractivity contribution >= 4 is 5.82 Å². The number of likely N-dealkylation sites (N-methyl/N-ethyl adjacent to an activating group) is 1. The second-order valence-electron chi connectivity index (χ2n) is 7.10. The van der Waals surface area contributed by atoms with Crippen LogP contribution in [-0.2, 0) is 0 Å². The predicted octanol–water partition coefficient (Wildman–Crippen LogP) is 1.40. The molecule has 2 aliphatic rings. The first kappa shape index (κ1) is 17.9. The summed E-state index contributed by atoms with van der Waals surface area (Å²) in [7, 11) is 2.13. The number of aromatic nitrogens is 2. The summed E-state index contributed by atoms with van der Waals surface area (Å²) >= 11 is 0. The Kier molecular flexibility index (Phi) is 5.71. The van der Waals surface area contributed by atoms with E-state index >= 15 is 0 Å². The van der Waals surface area contributed by atoms with Crippen LogP contribution in [0, 0.1) is 11.3 Å². The second-order valence-corrected chi connectivity index (χ2v) is 7.10. The van der Waals surface area contributed by atoms with Crippen LogP contribution in [0.3, 0.4) is 0 Å². The lowest BCUT2D eigenvalue weighted by Gasteiger charge is -2.29. The highest BCUT2D eigenvalue weighted by atomic mass is 16.5. The number of hydrogen-bond acceptors (Lipinski definition) is 7. The van der Waals surface area contributed by atoms with E-state index in [2.05, 4.69) is 52.0 Å². The number of hydrogen-bond donors (Lipinski definition) is 1. The smallest absolute Gasteiger partial charge is 0.319 e. The Morgan fingerprint density at radius 2 is 2.16 bits per heavy atom. The van der Waals surface area contributed by atoms with E-state index in [-0.39, 0.29) is 6.10 Å². The molecule has 0 spiro atoms. The van der Waals surface area contributed by atoms with Crippen LogP contribution in [-0.4, -0.2) is 66.3 Å². The number of nitrogens with one attached hydrogen (secondary N) is 1. The fourth-order valence-electron chi connectivity index (χ4n) is 3.80. The van der Waals surface area contributed by atoms with E-state index in [9.17, 15) is 5.26 Å². The Balaban J connectivity index is 1.81. The van der Waals surface area contributed by atoms with Crippen molar-refractivity contribution in [3.63, 3.8) is 0 Å². The zero-order valence-corrected chi connectivity index (χ0v) is 15.4. The molecule has 0 radical (unpaired) electrons. The van der Waals surface area contributed by atoms with Crippen molar-refractivity contribution in [1.82, 2.24) is 20.2 Å². The maximum Gasteiger partial charge on any atom is 0.319 e. The van der Waals surface area contributed by atoms with Gasteiger partial charge in [-0.05, 0) is 53.2 Å². The third-order valence-corrected chi connectivity index (χ3v) is 5.31. The zero-order chi connectivity index (χ0) is 17.8. The molecule has 0 aliphatic carbocycles.